The monoisotopic (exact) mass is 403 g/mol. The number of nitro groups is 1. The summed E-state index contributed by atoms with van der Waals surface area (Å²) in [7, 11) is 0. The van der Waals surface area contributed by atoms with E-state index in [-0.39, 0.29) is 17.6 Å². The molecule has 6 nitrogen and oxygen atoms in total. The van der Waals surface area contributed by atoms with Gasteiger partial charge in [0.05, 0.1) is 4.92 Å². The van der Waals surface area contributed by atoms with E-state index in [9.17, 15) is 14.9 Å². The van der Waals surface area contributed by atoms with Crippen LogP contribution in [0.3, 0.4) is 0 Å². The van der Waals surface area contributed by atoms with Crippen LogP contribution in [0.25, 0.3) is 0 Å². The first-order chi connectivity index (χ1) is 11.8. The van der Waals surface area contributed by atoms with Crippen LogP contribution in [0.1, 0.15) is 35.3 Å². The summed E-state index contributed by atoms with van der Waals surface area (Å²) in [4.78, 5) is 25.2. The molecule has 0 saturated carbocycles. The summed E-state index contributed by atoms with van der Waals surface area (Å²) >= 11 is 3.45. The Labute approximate surface area is 154 Å². The maximum absolute atomic E-state index is 12.1. The molecular weight excluding hydrogens is 386 g/mol. The lowest BCUT2D eigenvalue weighted by Gasteiger charge is -2.18. The molecule has 0 atom stereocenters. The third-order valence-corrected chi connectivity index (χ3v) is 4.58. The van der Waals surface area contributed by atoms with Gasteiger partial charge in [0.15, 0.2) is 0 Å². The van der Waals surface area contributed by atoms with Crippen LogP contribution in [0, 0.1) is 10.1 Å². The van der Waals surface area contributed by atoms with Crippen molar-refractivity contribution >= 4 is 33.2 Å². The fourth-order valence-corrected chi connectivity index (χ4v) is 3.37. The molecule has 0 aliphatic carbocycles. The summed E-state index contributed by atoms with van der Waals surface area (Å²) < 4.78 is 0.989. The SMILES string of the molecule is CC(C)NC(=O)c1ccc(N2Cc3ccc(Br)cc3C2)c([N+](=O)[O-])c1. The highest BCUT2D eigenvalue weighted by Crippen LogP contribution is 2.36. The molecule has 0 saturated heterocycles. The second-order valence-electron chi connectivity index (χ2n) is 6.36. The number of nitrogens with one attached hydrogen (secondary N) is 1. The summed E-state index contributed by atoms with van der Waals surface area (Å²) in [6, 6.07) is 10.6. The van der Waals surface area contributed by atoms with Gasteiger partial charge in [0.1, 0.15) is 5.69 Å². The molecule has 0 bridgehead atoms. The molecule has 1 aliphatic heterocycles. The number of carbonyl (C=O) groups excluding carboxylic acids is 1. The Bertz CT molecular complexity index is 851. The zero-order valence-corrected chi connectivity index (χ0v) is 15.5. The minimum atomic E-state index is -0.430. The lowest BCUT2D eigenvalue weighted by atomic mass is 10.1. The molecule has 3 rings (SSSR count). The first-order valence-corrected chi connectivity index (χ1v) is 8.76. The number of hydrogen-bond donors (Lipinski definition) is 1. The number of fused-ring (bicyclic) bond motifs is 1. The van der Waals surface area contributed by atoms with Crippen LogP contribution in [0.15, 0.2) is 40.9 Å². The quantitative estimate of drug-likeness (QED) is 0.617. The molecule has 2 aromatic carbocycles. The summed E-state index contributed by atoms with van der Waals surface area (Å²) in [5.74, 6) is -0.307. The van der Waals surface area contributed by atoms with Crippen LogP contribution < -0.4 is 10.2 Å². The van der Waals surface area contributed by atoms with Crippen LogP contribution in [-0.4, -0.2) is 16.9 Å². The zero-order valence-electron chi connectivity index (χ0n) is 14.0. The minimum Gasteiger partial charge on any atom is -0.357 e. The minimum absolute atomic E-state index is 0.0299. The van der Waals surface area contributed by atoms with Crippen LogP contribution in [0.5, 0.6) is 0 Å². The molecule has 1 aliphatic rings. The van der Waals surface area contributed by atoms with E-state index in [1.807, 2.05) is 36.9 Å². The maximum Gasteiger partial charge on any atom is 0.293 e. The van der Waals surface area contributed by atoms with Crippen molar-refractivity contribution in [2.45, 2.75) is 33.0 Å². The van der Waals surface area contributed by atoms with Gasteiger partial charge in [-0.3, -0.25) is 14.9 Å². The van der Waals surface area contributed by atoms with E-state index < -0.39 is 4.92 Å². The fraction of sp³-hybridized carbons (Fsp3) is 0.278. The predicted molar refractivity (Wildman–Crippen MR) is 99.7 cm³/mol. The topological polar surface area (TPSA) is 75.5 Å². The van der Waals surface area contributed by atoms with E-state index in [4.69, 9.17) is 0 Å². The first-order valence-electron chi connectivity index (χ1n) is 7.96. The normalized spacial score (nSPS) is 13.0. The van der Waals surface area contributed by atoms with Crippen LogP contribution in [0.4, 0.5) is 11.4 Å². The molecular formula is C18H18BrN3O3. The highest BCUT2D eigenvalue weighted by molar-refractivity contribution is 9.10. The van der Waals surface area contributed by atoms with Gasteiger partial charge >= 0.3 is 0 Å². The zero-order chi connectivity index (χ0) is 18.1. The number of rotatable bonds is 4. The second-order valence-corrected chi connectivity index (χ2v) is 7.27. The van der Waals surface area contributed by atoms with Crippen molar-refractivity contribution in [1.82, 2.24) is 5.32 Å². The van der Waals surface area contributed by atoms with E-state index in [0.29, 0.717) is 24.3 Å². The van der Waals surface area contributed by atoms with E-state index in [1.54, 1.807) is 12.1 Å². The summed E-state index contributed by atoms with van der Waals surface area (Å²) in [5.41, 5.74) is 3.06. The first kappa shape index (κ1) is 17.4. The van der Waals surface area contributed by atoms with E-state index in [0.717, 1.165) is 15.6 Å². The third-order valence-electron chi connectivity index (χ3n) is 4.09. The molecule has 1 amide bonds. The summed E-state index contributed by atoms with van der Waals surface area (Å²) in [5, 5.41) is 14.3. The molecule has 0 fully saturated rings. The maximum atomic E-state index is 12.1. The Morgan fingerprint density at radius 2 is 1.92 bits per heavy atom. The van der Waals surface area contributed by atoms with Crippen LogP contribution in [-0.2, 0) is 13.1 Å². The van der Waals surface area contributed by atoms with Gasteiger partial charge in [-0.25, -0.2) is 0 Å². The Kier molecular flexibility index (Phi) is 4.76. The van der Waals surface area contributed by atoms with E-state index in [2.05, 4.69) is 21.2 Å². The molecule has 0 spiro atoms. The molecule has 130 valence electrons. The second kappa shape index (κ2) is 6.84. The average molecular weight is 404 g/mol. The molecule has 25 heavy (non-hydrogen) atoms. The van der Waals surface area contributed by atoms with Crippen molar-refractivity contribution in [2.75, 3.05) is 4.90 Å². The van der Waals surface area contributed by atoms with Crippen molar-refractivity contribution in [3.63, 3.8) is 0 Å². The largest absolute Gasteiger partial charge is 0.357 e. The van der Waals surface area contributed by atoms with Gasteiger partial charge in [-0.15, -0.1) is 0 Å². The highest BCUT2D eigenvalue weighted by atomic mass is 79.9. The highest BCUT2D eigenvalue weighted by Gasteiger charge is 2.26. The lowest BCUT2D eigenvalue weighted by molar-refractivity contribution is -0.384. The Morgan fingerprint density at radius 1 is 1.20 bits per heavy atom. The van der Waals surface area contributed by atoms with E-state index in [1.165, 1.54) is 6.07 Å². The molecule has 1 heterocycles. The number of nitrogens with zero attached hydrogens (tertiary/aromatic N) is 2. The average Bonchev–Trinajstić information content (AvgIpc) is 2.96. The number of amides is 1. The van der Waals surface area contributed by atoms with Crippen molar-refractivity contribution in [3.8, 4) is 0 Å². The van der Waals surface area contributed by atoms with Crippen LogP contribution >= 0.6 is 15.9 Å². The van der Waals surface area contributed by atoms with Gasteiger partial charge in [0.25, 0.3) is 11.6 Å². The fourth-order valence-electron chi connectivity index (χ4n) is 2.96. The molecule has 1 N–H and O–H groups in total. The Morgan fingerprint density at radius 3 is 2.60 bits per heavy atom. The number of halogens is 1. The standard InChI is InChI=1S/C18H18BrN3O3/c1-11(2)20-18(23)12-4-6-16(17(8-12)22(24)25)21-9-13-3-5-15(19)7-14(13)10-21/h3-8,11H,9-10H2,1-2H3,(H,20,23). The van der Waals surface area contributed by atoms with Crippen LogP contribution in [0.2, 0.25) is 0 Å². The third kappa shape index (κ3) is 3.66. The summed E-state index contributed by atoms with van der Waals surface area (Å²) in [6.07, 6.45) is 0. The predicted octanol–water partition coefficient (Wildman–Crippen LogP) is 4.02. The van der Waals surface area contributed by atoms with Gasteiger partial charge in [0.2, 0.25) is 0 Å². The number of carbonyl (C=O) groups is 1. The molecule has 0 aromatic heterocycles. The van der Waals surface area contributed by atoms with Gasteiger partial charge in [-0.1, -0.05) is 22.0 Å². The van der Waals surface area contributed by atoms with Gasteiger partial charge in [-0.2, -0.15) is 0 Å². The number of benzene rings is 2. The smallest absolute Gasteiger partial charge is 0.293 e. The Hall–Kier alpha value is -2.41. The molecule has 2 aromatic rings. The van der Waals surface area contributed by atoms with Crippen molar-refractivity contribution in [3.05, 3.63) is 67.7 Å². The van der Waals surface area contributed by atoms with Crippen molar-refractivity contribution < 1.29 is 9.72 Å². The molecule has 7 heteroatoms. The Balaban J connectivity index is 1.92. The van der Waals surface area contributed by atoms with Crippen molar-refractivity contribution in [1.29, 1.82) is 0 Å². The van der Waals surface area contributed by atoms with Gasteiger partial charge in [-0.05, 0) is 49.2 Å². The number of anilines is 1. The summed E-state index contributed by atoms with van der Waals surface area (Å²) in [6.45, 7) is 4.91. The molecule has 0 radical (unpaired) electrons. The van der Waals surface area contributed by atoms with E-state index >= 15 is 0 Å². The number of hydrogen-bond acceptors (Lipinski definition) is 4. The number of nitro benzene ring substituents is 1. The lowest BCUT2D eigenvalue weighted by Crippen LogP contribution is -2.30. The van der Waals surface area contributed by atoms with Crippen molar-refractivity contribution in [2.24, 2.45) is 0 Å². The van der Waals surface area contributed by atoms with Gasteiger partial charge < -0.3 is 10.2 Å². The van der Waals surface area contributed by atoms with Gasteiger partial charge in [0, 0.05) is 35.2 Å². The molecule has 0 unspecified atom stereocenters.